The van der Waals surface area contributed by atoms with Crippen molar-refractivity contribution in [2.24, 2.45) is 0 Å². The number of aromatic nitrogens is 1. The fraction of sp³-hybridized carbons (Fsp3) is 0.750. The SMILES string of the molecule is Cc1cc(NC(=O)CN(CCN2CCCCC2)C(=O)NC2CCCCC2)no1. The first-order valence-electron chi connectivity index (χ1n) is 10.6. The fourth-order valence-corrected chi connectivity index (χ4v) is 3.99. The molecule has 0 radical (unpaired) electrons. The molecule has 1 aromatic rings. The van der Waals surface area contributed by atoms with Crippen molar-refractivity contribution in [1.82, 2.24) is 20.3 Å². The van der Waals surface area contributed by atoms with Gasteiger partial charge in [0.05, 0.1) is 0 Å². The van der Waals surface area contributed by atoms with E-state index in [1.54, 1.807) is 17.9 Å². The average Bonchev–Trinajstić information content (AvgIpc) is 3.11. The Morgan fingerprint density at radius 2 is 1.89 bits per heavy atom. The number of amides is 3. The van der Waals surface area contributed by atoms with Crippen LogP contribution in [0.25, 0.3) is 0 Å². The van der Waals surface area contributed by atoms with Crippen LogP contribution in [-0.2, 0) is 4.79 Å². The van der Waals surface area contributed by atoms with Gasteiger partial charge in [-0.3, -0.25) is 4.79 Å². The molecule has 0 unspecified atom stereocenters. The van der Waals surface area contributed by atoms with Crippen LogP contribution in [0.1, 0.15) is 57.1 Å². The van der Waals surface area contributed by atoms with E-state index in [4.69, 9.17) is 4.52 Å². The lowest BCUT2D eigenvalue weighted by molar-refractivity contribution is -0.116. The number of rotatable bonds is 7. The normalized spacial score (nSPS) is 18.6. The van der Waals surface area contributed by atoms with Gasteiger partial charge in [0.25, 0.3) is 0 Å². The van der Waals surface area contributed by atoms with Gasteiger partial charge < -0.3 is 25.0 Å². The van der Waals surface area contributed by atoms with Gasteiger partial charge in [0, 0.05) is 25.2 Å². The molecule has 0 spiro atoms. The van der Waals surface area contributed by atoms with Crippen LogP contribution in [0.4, 0.5) is 10.6 Å². The van der Waals surface area contributed by atoms with E-state index in [9.17, 15) is 9.59 Å². The Labute approximate surface area is 167 Å². The van der Waals surface area contributed by atoms with Crippen LogP contribution in [0.2, 0.25) is 0 Å². The fourth-order valence-electron chi connectivity index (χ4n) is 3.99. The van der Waals surface area contributed by atoms with Crippen LogP contribution < -0.4 is 10.6 Å². The number of likely N-dealkylation sites (tertiary alicyclic amines) is 1. The van der Waals surface area contributed by atoms with Crippen molar-refractivity contribution < 1.29 is 14.1 Å². The summed E-state index contributed by atoms with van der Waals surface area (Å²) in [6.45, 7) is 5.27. The van der Waals surface area contributed by atoms with Crippen LogP contribution in [-0.4, -0.2) is 65.7 Å². The summed E-state index contributed by atoms with van der Waals surface area (Å²) < 4.78 is 4.98. The lowest BCUT2D eigenvalue weighted by atomic mass is 9.96. The minimum Gasteiger partial charge on any atom is -0.360 e. The molecule has 1 aliphatic heterocycles. The number of hydrogen-bond acceptors (Lipinski definition) is 5. The number of nitrogens with zero attached hydrogens (tertiary/aromatic N) is 3. The number of carbonyl (C=O) groups is 2. The van der Waals surface area contributed by atoms with Crippen molar-refractivity contribution in [3.8, 4) is 0 Å². The van der Waals surface area contributed by atoms with E-state index in [1.807, 2.05) is 0 Å². The molecule has 156 valence electrons. The van der Waals surface area contributed by atoms with Crippen LogP contribution in [0.3, 0.4) is 0 Å². The minimum absolute atomic E-state index is 0.0122. The largest absolute Gasteiger partial charge is 0.360 e. The molecule has 1 aliphatic carbocycles. The second kappa shape index (κ2) is 10.5. The summed E-state index contributed by atoms with van der Waals surface area (Å²) in [4.78, 5) is 29.3. The highest BCUT2D eigenvalue weighted by molar-refractivity contribution is 5.93. The van der Waals surface area contributed by atoms with Gasteiger partial charge in [-0.1, -0.05) is 30.8 Å². The highest BCUT2D eigenvalue weighted by Crippen LogP contribution is 2.17. The zero-order valence-corrected chi connectivity index (χ0v) is 16.9. The molecule has 3 amide bonds. The smallest absolute Gasteiger partial charge is 0.318 e. The Hall–Kier alpha value is -2.09. The van der Waals surface area contributed by atoms with Crippen molar-refractivity contribution in [3.05, 3.63) is 11.8 Å². The Morgan fingerprint density at radius 3 is 2.57 bits per heavy atom. The van der Waals surface area contributed by atoms with E-state index >= 15 is 0 Å². The molecular formula is C20H33N5O3. The van der Waals surface area contributed by atoms with Crippen LogP contribution in [0.5, 0.6) is 0 Å². The highest BCUT2D eigenvalue weighted by atomic mass is 16.5. The Balaban J connectivity index is 1.55. The topological polar surface area (TPSA) is 90.7 Å². The molecule has 0 bridgehead atoms. The molecule has 2 N–H and O–H groups in total. The number of urea groups is 1. The molecule has 0 atom stereocenters. The summed E-state index contributed by atoms with van der Waals surface area (Å²) in [6.07, 6.45) is 9.30. The van der Waals surface area contributed by atoms with E-state index in [1.165, 1.54) is 25.7 Å². The third-order valence-electron chi connectivity index (χ3n) is 5.58. The highest BCUT2D eigenvalue weighted by Gasteiger charge is 2.23. The first-order valence-corrected chi connectivity index (χ1v) is 10.6. The van der Waals surface area contributed by atoms with Gasteiger partial charge in [-0.15, -0.1) is 0 Å². The molecule has 2 fully saturated rings. The van der Waals surface area contributed by atoms with Crippen molar-refractivity contribution in [2.45, 2.75) is 64.3 Å². The Morgan fingerprint density at radius 1 is 1.18 bits per heavy atom. The molecule has 1 saturated carbocycles. The summed E-state index contributed by atoms with van der Waals surface area (Å²) in [5.74, 6) is 0.754. The molecule has 8 heteroatoms. The lowest BCUT2D eigenvalue weighted by Crippen LogP contribution is -2.50. The molecule has 2 aliphatic rings. The quantitative estimate of drug-likeness (QED) is 0.746. The second-order valence-electron chi connectivity index (χ2n) is 7.98. The first-order chi connectivity index (χ1) is 13.6. The molecule has 2 heterocycles. The summed E-state index contributed by atoms with van der Waals surface area (Å²) in [5.41, 5.74) is 0. The standard InChI is InChI=1S/C20H33N5O3/c1-16-14-18(23-28-16)22-19(26)15-25(13-12-24-10-6-3-7-11-24)20(27)21-17-8-4-2-5-9-17/h14,17H,2-13,15H2,1H3,(H,21,27)(H,22,23,26). The molecule has 1 saturated heterocycles. The molecule has 28 heavy (non-hydrogen) atoms. The molecule has 8 nitrogen and oxygen atoms in total. The number of anilines is 1. The second-order valence-corrected chi connectivity index (χ2v) is 7.98. The number of carbonyl (C=O) groups excluding carboxylic acids is 2. The van der Waals surface area contributed by atoms with E-state index in [2.05, 4.69) is 20.7 Å². The van der Waals surface area contributed by atoms with E-state index in [0.717, 1.165) is 45.3 Å². The predicted octanol–water partition coefficient (Wildman–Crippen LogP) is 2.75. The monoisotopic (exact) mass is 391 g/mol. The van der Waals surface area contributed by atoms with Gasteiger partial charge in [0.2, 0.25) is 5.91 Å². The molecule has 0 aromatic carbocycles. The maximum absolute atomic E-state index is 12.9. The average molecular weight is 392 g/mol. The van der Waals surface area contributed by atoms with Gasteiger partial charge in [-0.05, 0) is 45.7 Å². The summed E-state index contributed by atoms with van der Waals surface area (Å²) in [6, 6.07) is 1.74. The Bertz CT molecular complexity index is 636. The van der Waals surface area contributed by atoms with Gasteiger partial charge >= 0.3 is 6.03 Å². The first kappa shape index (κ1) is 20.6. The van der Waals surface area contributed by atoms with Gasteiger partial charge in [0.1, 0.15) is 12.3 Å². The van der Waals surface area contributed by atoms with E-state index < -0.39 is 0 Å². The maximum Gasteiger partial charge on any atom is 0.318 e. The van der Waals surface area contributed by atoms with Crippen molar-refractivity contribution in [2.75, 3.05) is 38.0 Å². The van der Waals surface area contributed by atoms with E-state index in [-0.39, 0.29) is 24.5 Å². The zero-order chi connectivity index (χ0) is 19.8. The number of piperidine rings is 1. The summed E-state index contributed by atoms with van der Waals surface area (Å²) >= 11 is 0. The third kappa shape index (κ3) is 6.51. The lowest BCUT2D eigenvalue weighted by Gasteiger charge is -2.31. The third-order valence-corrected chi connectivity index (χ3v) is 5.58. The molecule has 1 aromatic heterocycles. The number of aryl methyl sites for hydroxylation is 1. The zero-order valence-electron chi connectivity index (χ0n) is 16.9. The van der Waals surface area contributed by atoms with Crippen LogP contribution in [0.15, 0.2) is 10.6 Å². The van der Waals surface area contributed by atoms with Crippen molar-refractivity contribution >= 4 is 17.8 Å². The summed E-state index contributed by atoms with van der Waals surface area (Å²) in [7, 11) is 0. The van der Waals surface area contributed by atoms with Crippen LogP contribution >= 0.6 is 0 Å². The molecule has 3 rings (SSSR count). The maximum atomic E-state index is 12.9. The van der Waals surface area contributed by atoms with Gasteiger partial charge in [-0.25, -0.2) is 4.79 Å². The predicted molar refractivity (Wildman–Crippen MR) is 107 cm³/mol. The number of nitrogens with one attached hydrogen (secondary N) is 2. The van der Waals surface area contributed by atoms with E-state index in [0.29, 0.717) is 18.1 Å². The minimum atomic E-state index is -0.259. The van der Waals surface area contributed by atoms with Crippen molar-refractivity contribution in [3.63, 3.8) is 0 Å². The van der Waals surface area contributed by atoms with Crippen molar-refractivity contribution in [1.29, 1.82) is 0 Å². The Kier molecular flexibility index (Phi) is 7.71. The number of hydrogen-bond donors (Lipinski definition) is 2. The van der Waals surface area contributed by atoms with Gasteiger partial charge in [-0.2, -0.15) is 0 Å². The van der Waals surface area contributed by atoms with Crippen LogP contribution in [0, 0.1) is 6.92 Å². The summed E-state index contributed by atoms with van der Waals surface area (Å²) in [5, 5.41) is 9.63. The van der Waals surface area contributed by atoms with Gasteiger partial charge in [0.15, 0.2) is 5.82 Å². The molecular weight excluding hydrogens is 358 g/mol.